The lowest BCUT2D eigenvalue weighted by Crippen LogP contribution is -2.07. The summed E-state index contributed by atoms with van der Waals surface area (Å²) >= 11 is 0. The van der Waals surface area contributed by atoms with Crippen LogP contribution < -0.4 is 0 Å². The number of hydrogen-bond acceptors (Lipinski definition) is 0. The van der Waals surface area contributed by atoms with Crippen LogP contribution in [0.5, 0.6) is 0 Å². The summed E-state index contributed by atoms with van der Waals surface area (Å²) in [7, 11) is 0. The minimum Gasteiger partial charge on any atom is -0.0654 e. The van der Waals surface area contributed by atoms with Crippen molar-refractivity contribution in [2.75, 3.05) is 0 Å². The lowest BCUT2D eigenvalue weighted by atomic mass is 9.86. The Morgan fingerprint density at radius 1 is 1.38 bits per heavy atom. The van der Waals surface area contributed by atoms with Gasteiger partial charge in [0, 0.05) is 0 Å². The average Bonchev–Trinajstić information content (AvgIpc) is 1.67. The molecule has 0 saturated carbocycles. The van der Waals surface area contributed by atoms with Crippen molar-refractivity contribution in [3.05, 3.63) is 6.92 Å². The molecule has 0 N–H and O–H groups in total. The molecule has 0 rings (SSSR count). The second-order valence-electron chi connectivity index (χ2n) is 3.16. The molecule has 0 atom stereocenters. The van der Waals surface area contributed by atoms with Gasteiger partial charge in [-0.3, -0.25) is 0 Å². The molecule has 1 radical (unpaired) electrons. The van der Waals surface area contributed by atoms with Crippen molar-refractivity contribution in [2.45, 2.75) is 40.0 Å². The Labute approximate surface area is 53.3 Å². The van der Waals surface area contributed by atoms with Crippen LogP contribution in [0.4, 0.5) is 0 Å². The first kappa shape index (κ1) is 8.00. The van der Waals surface area contributed by atoms with E-state index >= 15 is 0 Å². The summed E-state index contributed by atoms with van der Waals surface area (Å²) in [6.45, 7) is 10.6. The maximum Gasteiger partial charge on any atom is -0.0354 e. The van der Waals surface area contributed by atoms with Gasteiger partial charge in [-0.05, 0) is 18.3 Å². The summed E-state index contributed by atoms with van der Waals surface area (Å²) in [5.41, 5.74) is 0.481. The van der Waals surface area contributed by atoms with Gasteiger partial charge in [0.2, 0.25) is 0 Å². The van der Waals surface area contributed by atoms with Gasteiger partial charge in [-0.25, -0.2) is 0 Å². The topological polar surface area (TPSA) is 0 Å². The third kappa shape index (κ3) is 3.06. The molecular formula is C8H17. The molecule has 0 aromatic rings. The van der Waals surface area contributed by atoms with Crippen LogP contribution in [0.1, 0.15) is 40.0 Å². The van der Waals surface area contributed by atoms with Gasteiger partial charge in [-0.15, -0.1) is 0 Å². The zero-order chi connectivity index (χ0) is 6.62. The average molecular weight is 113 g/mol. The Bertz CT molecular complexity index is 53.1. The van der Waals surface area contributed by atoms with Gasteiger partial charge in [0.15, 0.2) is 0 Å². The molecular weight excluding hydrogens is 96.1 g/mol. The second-order valence-corrected chi connectivity index (χ2v) is 3.16. The third-order valence-electron chi connectivity index (χ3n) is 1.60. The van der Waals surface area contributed by atoms with E-state index in [9.17, 15) is 0 Å². The molecule has 0 aromatic carbocycles. The summed E-state index contributed by atoms with van der Waals surface area (Å²) in [6, 6.07) is 0. The Morgan fingerprint density at radius 3 is 2.00 bits per heavy atom. The van der Waals surface area contributed by atoms with Crippen molar-refractivity contribution in [1.29, 1.82) is 0 Å². The third-order valence-corrected chi connectivity index (χ3v) is 1.60. The summed E-state index contributed by atoms with van der Waals surface area (Å²) in [5, 5.41) is 0. The first-order chi connectivity index (χ1) is 3.62. The molecule has 0 aliphatic heterocycles. The molecule has 0 heterocycles. The predicted molar refractivity (Wildman–Crippen MR) is 38.7 cm³/mol. The predicted octanol–water partition coefficient (Wildman–Crippen LogP) is 3.04. The molecule has 0 aliphatic carbocycles. The zero-order valence-electron chi connectivity index (χ0n) is 6.33. The lowest BCUT2D eigenvalue weighted by molar-refractivity contribution is 0.334. The molecule has 0 nitrogen and oxygen atoms in total. The Morgan fingerprint density at radius 2 is 1.88 bits per heavy atom. The fraction of sp³-hybridized carbons (Fsp3) is 0.875. The number of rotatable bonds is 3. The fourth-order valence-corrected chi connectivity index (χ4v) is 0.802. The van der Waals surface area contributed by atoms with Crippen molar-refractivity contribution < 1.29 is 0 Å². The van der Waals surface area contributed by atoms with E-state index in [0.717, 1.165) is 6.42 Å². The first-order valence-electron chi connectivity index (χ1n) is 3.41. The van der Waals surface area contributed by atoms with Crippen molar-refractivity contribution in [1.82, 2.24) is 0 Å². The summed E-state index contributed by atoms with van der Waals surface area (Å²) in [5.74, 6) is 0. The summed E-state index contributed by atoms with van der Waals surface area (Å²) < 4.78 is 0. The molecule has 0 unspecified atom stereocenters. The van der Waals surface area contributed by atoms with E-state index in [-0.39, 0.29) is 0 Å². The smallest absolute Gasteiger partial charge is 0.0354 e. The quantitative estimate of drug-likeness (QED) is 0.527. The standard InChI is InChI=1S/C8H17/c1-5-7-8(3,4)6-2/h2,5-7H2,1,3-4H3. The highest BCUT2D eigenvalue weighted by atomic mass is 14.2. The molecule has 0 amide bonds. The molecule has 0 spiro atoms. The SMILES string of the molecule is [CH2]CC(C)(C)CCC. The Hall–Kier alpha value is 0. The van der Waals surface area contributed by atoms with Crippen LogP contribution in [0.2, 0.25) is 0 Å². The second kappa shape index (κ2) is 3.11. The van der Waals surface area contributed by atoms with Crippen molar-refractivity contribution in [3.63, 3.8) is 0 Å². The van der Waals surface area contributed by atoms with Crippen molar-refractivity contribution >= 4 is 0 Å². The van der Waals surface area contributed by atoms with E-state index in [4.69, 9.17) is 0 Å². The zero-order valence-corrected chi connectivity index (χ0v) is 6.33. The molecule has 49 valence electrons. The normalized spacial score (nSPS) is 12.0. The monoisotopic (exact) mass is 113 g/mol. The highest BCUT2D eigenvalue weighted by Gasteiger charge is 2.11. The van der Waals surface area contributed by atoms with Crippen LogP contribution in [0.3, 0.4) is 0 Å². The maximum absolute atomic E-state index is 3.88. The van der Waals surface area contributed by atoms with E-state index in [1.54, 1.807) is 0 Å². The molecule has 0 bridgehead atoms. The van der Waals surface area contributed by atoms with E-state index in [1.165, 1.54) is 12.8 Å². The fourth-order valence-electron chi connectivity index (χ4n) is 0.802. The van der Waals surface area contributed by atoms with Gasteiger partial charge in [0.25, 0.3) is 0 Å². The van der Waals surface area contributed by atoms with E-state index in [0.29, 0.717) is 5.41 Å². The van der Waals surface area contributed by atoms with Gasteiger partial charge >= 0.3 is 0 Å². The molecule has 0 heteroatoms. The van der Waals surface area contributed by atoms with E-state index in [2.05, 4.69) is 27.7 Å². The first-order valence-corrected chi connectivity index (χ1v) is 3.41. The van der Waals surface area contributed by atoms with Gasteiger partial charge in [-0.1, -0.05) is 34.1 Å². The van der Waals surface area contributed by atoms with Crippen molar-refractivity contribution in [3.8, 4) is 0 Å². The molecule has 0 aliphatic rings. The van der Waals surface area contributed by atoms with Crippen LogP contribution in [-0.2, 0) is 0 Å². The van der Waals surface area contributed by atoms with Gasteiger partial charge in [0.05, 0.1) is 0 Å². The highest BCUT2D eigenvalue weighted by molar-refractivity contribution is 4.67. The molecule has 0 aromatic heterocycles. The van der Waals surface area contributed by atoms with E-state index in [1.807, 2.05) is 0 Å². The van der Waals surface area contributed by atoms with Crippen LogP contribution in [0.25, 0.3) is 0 Å². The molecule has 0 fully saturated rings. The maximum atomic E-state index is 3.88. The van der Waals surface area contributed by atoms with Crippen LogP contribution in [-0.4, -0.2) is 0 Å². The van der Waals surface area contributed by atoms with Crippen LogP contribution in [0.15, 0.2) is 0 Å². The summed E-state index contributed by atoms with van der Waals surface area (Å²) in [6.07, 6.45) is 3.64. The largest absolute Gasteiger partial charge is 0.0654 e. The summed E-state index contributed by atoms with van der Waals surface area (Å²) in [4.78, 5) is 0. The Balaban J connectivity index is 3.37. The van der Waals surface area contributed by atoms with Crippen molar-refractivity contribution in [2.24, 2.45) is 5.41 Å². The van der Waals surface area contributed by atoms with Crippen LogP contribution >= 0.6 is 0 Å². The lowest BCUT2D eigenvalue weighted by Gasteiger charge is -2.20. The Kier molecular flexibility index (Phi) is 3.11. The minimum absolute atomic E-state index is 0.481. The molecule has 0 saturated heterocycles. The molecule has 8 heavy (non-hydrogen) atoms. The van der Waals surface area contributed by atoms with E-state index < -0.39 is 0 Å². The van der Waals surface area contributed by atoms with Gasteiger partial charge in [0.1, 0.15) is 0 Å². The highest BCUT2D eigenvalue weighted by Crippen LogP contribution is 2.24. The van der Waals surface area contributed by atoms with Crippen LogP contribution in [0, 0.1) is 12.3 Å². The van der Waals surface area contributed by atoms with Gasteiger partial charge in [-0.2, -0.15) is 0 Å². The van der Waals surface area contributed by atoms with Gasteiger partial charge < -0.3 is 0 Å². The minimum atomic E-state index is 0.481. The number of hydrogen-bond donors (Lipinski definition) is 0.